The molecular formula is C42H24BN3S. The van der Waals surface area contributed by atoms with Crippen molar-refractivity contribution in [3.8, 4) is 5.69 Å². The van der Waals surface area contributed by atoms with Crippen LogP contribution < -0.4 is 26.2 Å². The standard InChI is InChI=1S/C42H24BN3S/c1-3-11-25(12-4-1)44-31-16-9-17-32-38(31)43-39-33(44)18-10-19-34(39)46-30-23-21-28-27-15-7-8-20-36(27)47-42(28)37(30)29-22-24-35(40(43)41(29)46)45(32)26-13-5-2-6-14-26/h1-24H. The summed E-state index contributed by atoms with van der Waals surface area (Å²) in [6, 6.07) is 54.0. The Kier molecular flexibility index (Phi) is 4.43. The van der Waals surface area contributed by atoms with Crippen LogP contribution in [-0.2, 0) is 0 Å². The van der Waals surface area contributed by atoms with Crippen molar-refractivity contribution in [2.45, 2.75) is 0 Å². The predicted octanol–water partition coefficient (Wildman–Crippen LogP) is 9.55. The molecule has 0 amide bonds. The van der Waals surface area contributed by atoms with E-state index in [2.05, 4.69) is 160 Å². The molecule has 7 aromatic carbocycles. The van der Waals surface area contributed by atoms with E-state index in [1.54, 1.807) is 0 Å². The van der Waals surface area contributed by atoms with E-state index in [-0.39, 0.29) is 6.71 Å². The Morgan fingerprint density at radius 1 is 0.426 bits per heavy atom. The SMILES string of the molecule is c1ccc(N2c3cccc4c3B3c5c2cccc5-n2c5ccc6c7ccccc7sc6c5c5ccc(c3c52)N4c2ccccc2)cc1. The molecule has 0 fully saturated rings. The molecule has 0 N–H and O–H groups in total. The van der Waals surface area contributed by atoms with Crippen molar-refractivity contribution >= 4 is 111 Å². The minimum Gasteiger partial charge on any atom is -0.311 e. The Labute approximate surface area is 275 Å². The number of nitrogens with zero attached hydrogens (tertiary/aromatic N) is 3. The third-order valence-corrected chi connectivity index (χ3v) is 11.9. The minimum absolute atomic E-state index is 0.126. The molecule has 0 radical (unpaired) electrons. The van der Waals surface area contributed by atoms with Crippen molar-refractivity contribution in [1.82, 2.24) is 4.57 Å². The average Bonchev–Trinajstić information content (AvgIpc) is 3.68. The molecule has 0 unspecified atom stereocenters. The largest absolute Gasteiger partial charge is 0.311 e. The minimum atomic E-state index is 0.126. The third kappa shape index (κ3) is 2.87. The zero-order chi connectivity index (χ0) is 30.4. The van der Waals surface area contributed by atoms with Crippen molar-refractivity contribution in [2.24, 2.45) is 0 Å². The molecule has 5 heteroatoms. The summed E-state index contributed by atoms with van der Waals surface area (Å²) in [6.07, 6.45) is 0. The second-order valence-corrected chi connectivity index (χ2v) is 13.9. The lowest BCUT2D eigenvalue weighted by atomic mass is 9.32. The Bertz CT molecular complexity index is 2800. The van der Waals surface area contributed by atoms with Crippen molar-refractivity contribution < 1.29 is 0 Å². The number of aromatic nitrogens is 1. The van der Waals surface area contributed by atoms with Gasteiger partial charge in [-0.15, -0.1) is 11.3 Å². The zero-order valence-electron chi connectivity index (χ0n) is 25.2. The quantitative estimate of drug-likeness (QED) is 0.180. The Morgan fingerprint density at radius 2 is 1.00 bits per heavy atom. The van der Waals surface area contributed by atoms with Crippen molar-refractivity contribution in [3.05, 3.63) is 146 Å². The molecule has 0 bridgehead atoms. The van der Waals surface area contributed by atoms with Crippen LogP contribution in [0.4, 0.5) is 34.1 Å². The summed E-state index contributed by atoms with van der Waals surface area (Å²) in [7, 11) is 0. The lowest BCUT2D eigenvalue weighted by Crippen LogP contribution is -2.64. The summed E-state index contributed by atoms with van der Waals surface area (Å²) in [6.45, 7) is 0.126. The van der Waals surface area contributed by atoms with Crippen molar-refractivity contribution in [1.29, 1.82) is 0 Å². The maximum absolute atomic E-state index is 2.59. The van der Waals surface area contributed by atoms with E-state index in [4.69, 9.17) is 0 Å². The van der Waals surface area contributed by atoms with Crippen LogP contribution in [-0.4, -0.2) is 11.3 Å². The second-order valence-electron chi connectivity index (χ2n) is 12.9. The number of anilines is 6. The molecule has 0 saturated carbocycles. The fourth-order valence-electron chi connectivity index (χ4n) is 8.97. The smallest absolute Gasteiger partial charge is 0.257 e. The topological polar surface area (TPSA) is 11.4 Å². The van der Waals surface area contributed by atoms with Crippen LogP contribution in [0, 0.1) is 0 Å². The predicted molar refractivity (Wildman–Crippen MR) is 201 cm³/mol. The first-order valence-corrected chi connectivity index (χ1v) is 17.1. The van der Waals surface area contributed by atoms with Crippen molar-refractivity contribution in [2.75, 3.05) is 9.80 Å². The van der Waals surface area contributed by atoms with Gasteiger partial charge in [-0.05, 0) is 83.1 Å². The summed E-state index contributed by atoms with van der Waals surface area (Å²) in [5.41, 5.74) is 15.5. The molecule has 3 aliphatic heterocycles. The van der Waals surface area contributed by atoms with E-state index < -0.39 is 0 Å². The molecule has 0 saturated heterocycles. The summed E-state index contributed by atoms with van der Waals surface area (Å²) >= 11 is 1.93. The van der Waals surface area contributed by atoms with Crippen LogP contribution in [0.15, 0.2) is 146 Å². The Morgan fingerprint density at radius 3 is 1.70 bits per heavy atom. The van der Waals surface area contributed by atoms with Gasteiger partial charge in [0, 0.05) is 70.8 Å². The lowest BCUT2D eigenvalue weighted by Gasteiger charge is -2.46. The van der Waals surface area contributed by atoms with E-state index in [1.165, 1.54) is 98.2 Å². The van der Waals surface area contributed by atoms with Crippen LogP contribution in [0.1, 0.15) is 0 Å². The van der Waals surface area contributed by atoms with Gasteiger partial charge in [-0.2, -0.15) is 0 Å². The molecule has 0 aliphatic carbocycles. The van der Waals surface area contributed by atoms with E-state index in [0.717, 1.165) is 0 Å². The number of rotatable bonds is 2. The van der Waals surface area contributed by atoms with Crippen LogP contribution in [0.25, 0.3) is 47.7 Å². The molecule has 0 spiro atoms. The first-order chi connectivity index (χ1) is 23.4. The highest BCUT2D eigenvalue weighted by atomic mass is 32.1. The molecule has 2 aromatic heterocycles. The monoisotopic (exact) mass is 613 g/mol. The van der Waals surface area contributed by atoms with Gasteiger partial charge in [0.15, 0.2) is 0 Å². The Hall–Kier alpha value is -5.78. The molecule has 47 heavy (non-hydrogen) atoms. The fourth-order valence-corrected chi connectivity index (χ4v) is 10.2. The fraction of sp³-hybridized carbons (Fsp3) is 0. The molecular weight excluding hydrogens is 589 g/mol. The number of thiophene rings is 1. The summed E-state index contributed by atoms with van der Waals surface area (Å²) in [4.78, 5) is 4.99. The maximum Gasteiger partial charge on any atom is 0.257 e. The molecule has 3 nitrogen and oxygen atoms in total. The van der Waals surface area contributed by atoms with Gasteiger partial charge in [-0.3, -0.25) is 0 Å². The van der Waals surface area contributed by atoms with E-state index >= 15 is 0 Å². The van der Waals surface area contributed by atoms with Crippen molar-refractivity contribution in [3.63, 3.8) is 0 Å². The normalized spacial score (nSPS) is 13.8. The van der Waals surface area contributed by atoms with Crippen LogP contribution in [0.5, 0.6) is 0 Å². The number of fused-ring (bicyclic) bond motifs is 8. The third-order valence-electron chi connectivity index (χ3n) is 10.7. The molecule has 0 atom stereocenters. The highest BCUT2D eigenvalue weighted by molar-refractivity contribution is 7.26. The highest BCUT2D eigenvalue weighted by Crippen LogP contribution is 2.50. The zero-order valence-corrected chi connectivity index (χ0v) is 26.0. The van der Waals surface area contributed by atoms with Gasteiger partial charge in [-0.1, -0.05) is 78.9 Å². The molecule has 216 valence electrons. The van der Waals surface area contributed by atoms with Crippen LogP contribution in [0.3, 0.4) is 0 Å². The second kappa shape index (κ2) is 8.52. The summed E-state index contributed by atoms with van der Waals surface area (Å²) in [5, 5.41) is 5.39. The number of benzene rings is 7. The van der Waals surface area contributed by atoms with Gasteiger partial charge in [0.05, 0.1) is 11.0 Å². The van der Waals surface area contributed by atoms with Gasteiger partial charge in [-0.25, -0.2) is 0 Å². The summed E-state index contributed by atoms with van der Waals surface area (Å²) < 4.78 is 5.31. The van der Waals surface area contributed by atoms with E-state index in [9.17, 15) is 0 Å². The van der Waals surface area contributed by atoms with Gasteiger partial charge < -0.3 is 14.4 Å². The first-order valence-electron chi connectivity index (χ1n) is 16.2. The number of hydrogen-bond acceptors (Lipinski definition) is 3. The molecule has 9 aromatic rings. The summed E-state index contributed by atoms with van der Waals surface area (Å²) in [5.74, 6) is 0. The van der Waals surface area contributed by atoms with E-state index in [1.807, 2.05) is 11.3 Å². The van der Waals surface area contributed by atoms with Gasteiger partial charge in [0.1, 0.15) is 0 Å². The highest BCUT2D eigenvalue weighted by Gasteiger charge is 2.48. The molecule has 12 rings (SSSR count). The number of para-hydroxylation sites is 2. The van der Waals surface area contributed by atoms with Gasteiger partial charge in [0.2, 0.25) is 0 Å². The van der Waals surface area contributed by atoms with Gasteiger partial charge >= 0.3 is 0 Å². The van der Waals surface area contributed by atoms with Gasteiger partial charge in [0.25, 0.3) is 6.71 Å². The Balaban J connectivity index is 1.31. The molecule has 3 aliphatic rings. The molecule has 5 heterocycles. The first kappa shape index (κ1) is 24.5. The van der Waals surface area contributed by atoms with Crippen LogP contribution >= 0.6 is 11.3 Å². The maximum atomic E-state index is 2.59. The van der Waals surface area contributed by atoms with E-state index in [0.29, 0.717) is 0 Å². The lowest BCUT2D eigenvalue weighted by molar-refractivity contribution is 1.17. The number of hydrogen-bond donors (Lipinski definition) is 0. The average molecular weight is 614 g/mol. The van der Waals surface area contributed by atoms with Crippen LogP contribution in [0.2, 0.25) is 0 Å².